The van der Waals surface area contributed by atoms with Crippen LogP contribution >= 0.6 is 11.6 Å². The summed E-state index contributed by atoms with van der Waals surface area (Å²) in [6.07, 6.45) is 4.55. The van der Waals surface area contributed by atoms with Gasteiger partial charge in [-0.25, -0.2) is 8.78 Å². The van der Waals surface area contributed by atoms with Crippen LogP contribution in [0.15, 0.2) is 36.4 Å². The van der Waals surface area contributed by atoms with Crippen LogP contribution in [0.5, 0.6) is 5.75 Å². The second-order valence-corrected chi connectivity index (χ2v) is 8.72. The molecule has 0 N–H and O–H groups in total. The number of rotatable bonds is 5. The second-order valence-electron chi connectivity index (χ2n) is 8.29. The highest BCUT2D eigenvalue weighted by Gasteiger charge is 2.26. The number of nitrogens with zero attached hydrogens (tertiary/aromatic N) is 2. The molecule has 0 bridgehead atoms. The number of ether oxygens (including phenoxy) is 1. The van der Waals surface area contributed by atoms with Crippen LogP contribution in [0.25, 0.3) is 0 Å². The Morgan fingerprint density at radius 3 is 2.35 bits per heavy atom. The Bertz CT molecular complexity index is 906. The zero-order chi connectivity index (χ0) is 21.8. The molecule has 7 heteroatoms. The van der Waals surface area contributed by atoms with Crippen LogP contribution in [0.4, 0.5) is 8.78 Å². The Kier molecular flexibility index (Phi) is 7.08. The van der Waals surface area contributed by atoms with Crippen LogP contribution in [0.3, 0.4) is 0 Å². The fourth-order valence-electron chi connectivity index (χ4n) is 4.31. The summed E-state index contributed by atoms with van der Waals surface area (Å²) >= 11 is 6.18. The summed E-state index contributed by atoms with van der Waals surface area (Å²) in [7, 11) is 0. The molecule has 2 aromatic rings. The molecule has 31 heavy (non-hydrogen) atoms. The molecule has 166 valence electrons. The van der Waals surface area contributed by atoms with Gasteiger partial charge in [-0.05, 0) is 62.4 Å². The summed E-state index contributed by atoms with van der Waals surface area (Å²) in [4.78, 5) is 16.9. The monoisotopic (exact) mass is 448 g/mol. The molecule has 2 aromatic carbocycles. The van der Waals surface area contributed by atoms with Crippen LogP contribution in [0, 0.1) is 11.6 Å². The Hall–Kier alpha value is -2.18. The first-order valence-corrected chi connectivity index (χ1v) is 11.3. The molecular weight excluding hydrogens is 422 g/mol. The minimum Gasteiger partial charge on any atom is -0.489 e. The maximum Gasteiger partial charge on any atom is 0.257 e. The van der Waals surface area contributed by atoms with Gasteiger partial charge in [0.2, 0.25) is 0 Å². The van der Waals surface area contributed by atoms with Gasteiger partial charge in [0.05, 0.1) is 5.56 Å². The lowest BCUT2D eigenvalue weighted by Crippen LogP contribution is -2.39. The number of benzene rings is 2. The summed E-state index contributed by atoms with van der Waals surface area (Å²) in [5.41, 5.74) is 0.647. The molecule has 2 saturated heterocycles. The highest BCUT2D eigenvalue weighted by molar-refractivity contribution is 6.30. The third-order valence-electron chi connectivity index (χ3n) is 6.09. The third kappa shape index (κ3) is 5.36. The first-order valence-electron chi connectivity index (χ1n) is 10.9. The first kappa shape index (κ1) is 22.0. The zero-order valence-electron chi connectivity index (χ0n) is 17.5. The van der Waals surface area contributed by atoms with E-state index in [0.29, 0.717) is 42.3 Å². The normalized spacial score (nSPS) is 18.2. The standard InChI is InChI=1S/C24H27ClF2N2O2/c25-17-7-8-19(24(30)29-11-2-1-3-12-29)23(15-17)31-18-9-13-28(14-10-18)16-20-21(26)5-4-6-22(20)27/h4-8,15,18H,1-3,9-14,16H2. The van der Waals surface area contributed by atoms with Crippen molar-refractivity contribution in [3.63, 3.8) is 0 Å². The SMILES string of the molecule is O=C(c1ccc(Cl)cc1OC1CCN(Cc2c(F)cccc2F)CC1)N1CCCCC1. The maximum atomic E-state index is 13.9. The van der Waals surface area contributed by atoms with Gasteiger partial charge in [0.25, 0.3) is 5.91 Å². The smallest absolute Gasteiger partial charge is 0.257 e. The van der Waals surface area contributed by atoms with E-state index in [1.165, 1.54) is 18.2 Å². The van der Waals surface area contributed by atoms with E-state index in [-0.39, 0.29) is 24.1 Å². The molecule has 2 fully saturated rings. The van der Waals surface area contributed by atoms with Crippen LogP contribution in [-0.4, -0.2) is 48.0 Å². The van der Waals surface area contributed by atoms with E-state index in [9.17, 15) is 13.6 Å². The van der Waals surface area contributed by atoms with Gasteiger partial charge in [-0.1, -0.05) is 17.7 Å². The molecule has 0 spiro atoms. The van der Waals surface area contributed by atoms with Gasteiger partial charge in [0.15, 0.2) is 0 Å². The van der Waals surface area contributed by atoms with Gasteiger partial charge in [0.1, 0.15) is 23.5 Å². The van der Waals surface area contributed by atoms with Crippen molar-refractivity contribution in [3.05, 3.63) is 64.2 Å². The highest BCUT2D eigenvalue weighted by Crippen LogP contribution is 2.29. The number of piperidine rings is 2. The van der Waals surface area contributed by atoms with Gasteiger partial charge < -0.3 is 9.64 Å². The molecule has 1 amide bonds. The third-order valence-corrected chi connectivity index (χ3v) is 6.32. The average molecular weight is 449 g/mol. The van der Waals surface area contributed by atoms with E-state index in [0.717, 1.165) is 32.4 Å². The molecule has 2 aliphatic rings. The minimum absolute atomic E-state index is 0.0150. The average Bonchev–Trinajstić information content (AvgIpc) is 2.78. The van der Waals surface area contributed by atoms with Crippen molar-refractivity contribution in [1.29, 1.82) is 0 Å². The number of carbonyl (C=O) groups excluding carboxylic acids is 1. The predicted molar refractivity (Wildman–Crippen MR) is 116 cm³/mol. The second kappa shape index (κ2) is 9.96. The van der Waals surface area contributed by atoms with E-state index < -0.39 is 11.6 Å². The van der Waals surface area contributed by atoms with Crippen LogP contribution < -0.4 is 4.74 Å². The Morgan fingerprint density at radius 1 is 1.00 bits per heavy atom. The van der Waals surface area contributed by atoms with E-state index in [1.807, 2.05) is 9.80 Å². The highest BCUT2D eigenvalue weighted by atomic mass is 35.5. The van der Waals surface area contributed by atoms with Crippen molar-refractivity contribution in [2.75, 3.05) is 26.2 Å². The molecular formula is C24H27ClF2N2O2. The van der Waals surface area contributed by atoms with Crippen LogP contribution in [-0.2, 0) is 6.54 Å². The zero-order valence-corrected chi connectivity index (χ0v) is 18.2. The minimum atomic E-state index is -0.516. The van der Waals surface area contributed by atoms with Gasteiger partial charge in [0, 0.05) is 43.3 Å². The van der Waals surface area contributed by atoms with Crippen molar-refractivity contribution in [2.45, 2.75) is 44.8 Å². The van der Waals surface area contributed by atoms with Gasteiger partial charge in [-0.3, -0.25) is 9.69 Å². The van der Waals surface area contributed by atoms with E-state index in [2.05, 4.69) is 0 Å². The number of carbonyl (C=O) groups is 1. The Labute approximate surface area is 186 Å². The van der Waals surface area contributed by atoms with Crippen molar-refractivity contribution >= 4 is 17.5 Å². The number of amides is 1. The number of halogens is 3. The van der Waals surface area contributed by atoms with Crippen molar-refractivity contribution < 1.29 is 18.3 Å². The molecule has 0 saturated carbocycles. The number of likely N-dealkylation sites (tertiary alicyclic amines) is 2. The Morgan fingerprint density at radius 2 is 1.68 bits per heavy atom. The quantitative estimate of drug-likeness (QED) is 0.623. The number of hydrogen-bond acceptors (Lipinski definition) is 3. The van der Waals surface area contributed by atoms with Gasteiger partial charge >= 0.3 is 0 Å². The Balaban J connectivity index is 1.39. The lowest BCUT2D eigenvalue weighted by molar-refractivity contribution is 0.0701. The molecule has 0 atom stereocenters. The summed E-state index contributed by atoms with van der Waals surface area (Å²) in [6.45, 7) is 3.10. The topological polar surface area (TPSA) is 32.8 Å². The van der Waals surface area contributed by atoms with Gasteiger partial charge in [-0.2, -0.15) is 0 Å². The fraction of sp³-hybridized carbons (Fsp3) is 0.458. The molecule has 0 unspecified atom stereocenters. The maximum absolute atomic E-state index is 13.9. The lowest BCUT2D eigenvalue weighted by atomic mass is 10.1. The van der Waals surface area contributed by atoms with Crippen molar-refractivity contribution in [2.24, 2.45) is 0 Å². The first-order chi connectivity index (χ1) is 15.0. The van der Waals surface area contributed by atoms with E-state index in [4.69, 9.17) is 16.3 Å². The molecule has 4 nitrogen and oxygen atoms in total. The van der Waals surface area contributed by atoms with Crippen LogP contribution in [0.2, 0.25) is 5.02 Å². The van der Waals surface area contributed by atoms with E-state index in [1.54, 1.807) is 18.2 Å². The fourth-order valence-corrected chi connectivity index (χ4v) is 4.47. The summed E-state index contributed by atoms with van der Waals surface area (Å²) in [5, 5.41) is 0.526. The molecule has 2 heterocycles. The van der Waals surface area contributed by atoms with Crippen molar-refractivity contribution in [1.82, 2.24) is 9.80 Å². The lowest BCUT2D eigenvalue weighted by Gasteiger charge is -2.33. The molecule has 0 aromatic heterocycles. The molecule has 0 radical (unpaired) electrons. The summed E-state index contributed by atoms with van der Waals surface area (Å²) < 4.78 is 34.1. The molecule has 2 aliphatic heterocycles. The molecule has 4 rings (SSSR count). The number of hydrogen-bond donors (Lipinski definition) is 0. The molecule has 0 aliphatic carbocycles. The van der Waals surface area contributed by atoms with Crippen molar-refractivity contribution in [3.8, 4) is 5.75 Å². The van der Waals surface area contributed by atoms with E-state index >= 15 is 0 Å². The largest absolute Gasteiger partial charge is 0.489 e. The van der Waals surface area contributed by atoms with Gasteiger partial charge in [-0.15, -0.1) is 0 Å². The van der Waals surface area contributed by atoms with Crippen LogP contribution in [0.1, 0.15) is 48.0 Å². The summed E-state index contributed by atoms with van der Waals surface area (Å²) in [5.74, 6) is -0.531. The summed E-state index contributed by atoms with van der Waals surface area (Å²) in [6, 6.07) is 9.12. The predicted octanol–water partition coefficient (Wildman–Crippen LogP) is 5.29.